The van der Waals surface area contributed by atoms with Crippen LogP contribution in [0.15, 0.2) is 24.3 Å². The van der Waals surface area contributed by atoms with Crippen LogP contribution in [-0.2, 0) is 4.79 Å². The van der Waals surface area contributed by atoms with E-state index in [0.29, 0.717) is 5.56 Å². The Morgan fingerprint density at radius 1 is 1.48 bits per heavy atom. The minimum Gasteiger partial charge on any atom is -0.387 e. The molecule has 1 aromatic carbocycles. The summed E-state index contributed by atoms with van der Waals surface area (Å²) in [5.41, 5.74) is -0.467. The summed E-state index contributed by atoms with van der Waals surface area (Å²) in [6, 6.07) is 5.82. The minimum atomic E-state index is -0.931. The highest BCUT2D eigenvalue weighted by molar-refractivity contribution is 5.85. The van der Waals surface area contributed by atoms with Crippen LogP contribution in [-0.4, -0.2) is 47.0 Å². The van der Waals surface area contributed by atoms with Gasteiger partial charge in [0.05, 0.1) is 16.6 Å². The molecule has 0 heterocycles. The first kappa shape index (κ1) is 17.1. The number of benzene rings is 1. The predicted molar refractivity (Wildman–Crippen MR) is 78.8 cm³/mol. The van der Waals surface area contributed by atoms with Gasteiger partial charge < -0.3 is 15.3 Å². The molecule has 0 radical (unpaired) electrons. The summed E-state index contributed by atoms with van der Waals surface area (Å²) >= 11 is 0. The average molecular weight is 295 g/mol. The van der Waals surface area contributed by atoms with E-state index < -0.39 is 16.6 Å². The fourth-order valence-electron chi connectivity index (χ4n) is 1.95. The number of aliphatic hydroxyl groups is 1. The van der Waals surface area contributed by atoms with Gasteiger partial charge in [-0.3, -0.25) is 14.9 Å². The second kappa shape index (κ2) is 6.64. The molecule has 0 aliphatic rings. The summed E-state index contributed by atoms with van der Waals surface area (Å²) in [5, 5.41) is 23.8. The first-order valence-corrected chi connectivity index (χ1v) is 6.54. The van der Waals surface area contributed by atoms with Crippen LogP contribution in [0.4, 0.5) is 5.69 Å². The summed E-state index contributed by atoms with van der Waals surface area (Å²) in [5.74, 6) is -0.117. The summed E-state index contributed by atoms with van der Waals surface area (Å²) in [7, 11) is 3.31. The lowest BCUT2D eigenvalue weighted by molar-refractivity contribution is -0.385. The third-order valence-electron chi connectivity index (χ3n) is 3.14. The van der Waals surface area contributed by atoms with E-state index in [-0.39, 0.29) is 18.1 Å². The van der Waals surface area contributed by atoms with Gasteiger partial charge in [-0.25, -0.2) is 0 Å². The van der Waals surface area contributed by atoms with E-state index >= 15 is 0 Å². The van der Waals surface area contributed by atoms with Crippen molar-refractivity contribution in [2.45, 2.75) is 25.5 Å². The van der Waals surface area contributed by atoms with Gasteiger partial charge in [-0.1, -0.05) is 12.1 Å². The Morgan fingerprint density at radius 3 is 2.62 bits per heavy atom. The lowest BCUT2D eigenvalue weighted by Gasteiger charge is -2.29. The second-order valence-corrected chi connectivity index (χ2v) is 5.57. The first-order valence-electron chi connectivity index (χ1n) is 6.54. The molecular formula is C14H21N3O4. The largest absolute Gasteiger partial charge is 0.387 e. The molecule has 21 heavy (non-hydrogen) atoms. The van der Waals surface area contributed by atoms with Gasteiger partial charge >= 0.3 is 0 Å². The van der Waals surface area contributed by atoms with Crippen LogP contribution < -0.4 is 5.32 Å². The van der Waals surface area contributed by atoms with Gasteiger partial charge in [0.15, 0.2) is 0 Å². The summed E-state index contributed by atoms with van der Waals surface area (Å²) < 4.78 is 0. The highest BCUT2D eigenvalue weighted by atomic mass is 16.6. The third-order valence-corrected chi connectivity index (χ3v) is 3.14. The number of nitrogens with zero attached hydrogens (tertiary/aromatic N) is 2. The molecule has 0 spiro atoms. The Bertz CT molecular complexity index is 529. The molecule has 0 fully saturated rings. The van der Waals surface area contributed by atoms with E-state index in [0.717, 1.165) is 0 Å². The van der Waals surface area contributed by atoms with Crippen LogP contribution >= 0.6 is 0 Å². The van der Waals surface area contributed by atoms with E-state index in [1.165, 1.54) is 23.1 Å². The van der Waals surface area contributed by atoms with Crippen molar-refractivity contribution in [2.24, 2.45) is 0 Å². The van der Waals surface area contributed by atoms with Crippen molar-refractivity contribution in [1.29, 1.82) is 0 Å². The van der Waals surface area contributed by atoms with E-state index in [9.17, 15) is 20.0 Å². The minimum absolute atomic E-state index is 0.0739. The van der Waals surface area contributed by atoms with Gasteiger partial charge in [-0.15, -0.1) is 0 Å². The lowest BCUT2D eigenvalue weighted by Crippen LogP contribution is -2.53. The molecule has 0 bridgehead atoms. The van der Waals surface area contributed by atoms with Crippen molar-refractivity contribution in [2.75, 3.05) is 20.6 Å². The SMILES string of the molecule is CN(C)C(=O)C(C)(C)NCC(O)c1cccc([N+](=O)[O-])c1. The zero-order chi connectivity index (χ0) is 16.2. The molecule has 1 aromatic rings. The first-order chi connectivity index (χ1) is 9.65. The standard InChI is InChI=1S/C14H21N3O4/c1-14(2,13(19)16(3)4)15-9-12(18)10-6-5-7-11(8-10)17(20)21/h5-8,12,15,18H,9H2,1-4H3. The number of nitro benzene ring substituents is 1. The number of nitro groups is 1. The third kappa shape index (κ3) is 4.51. The molecule has 2 N–H and O–H groups in total. The summed E-state index contributed by atoms with van der Waals surface area (Å²) in [6.45, 7) is 3.55. The van der Waals surface area contributed by atoms with E-state index in [1.807, 2.05) is 0 Å². The van der Waals surface area contributed by atoms with Gasteiger partial charge in [0.1, 0.15) is 0 Å². The molecule has 0 aliphatic heterocycles. The summed E-state index contributed by atoms with van der Waals surface area (Å²) in [6.07, 6.45) is -0.931. The Morgan fingerprint density at radius 2 is 2.10 bits per heavy atom. The number of nitrogens with one attached hydrogen (secondary N) is 1. The topological polar surface area (TPSA) is 95.7 Å². The van der Waals surface area contributed by atoms with Gasteiger partial charge in [0.2, 0.25) is 5.91 Å². The molecular weight excluding hydrogens is 274 g/mol. The van der Waals surface area contributed by atoms with Crippen LogP contribution in [0.3, 0.4) is 0 Å². The number of aliphatic hydroxyl groups excluding tert-OH is 1. The molecule has 1 unspecified atom stereocenters. The smallest absolute Gasteiger partial charge is 0.269 e. The number of likely N-dealkylation sites (N-methyl/N-ethyl adjacent to an activating group) is 1. The molecule has 0 saturated carbocycles. The van der Waals surface area contributed by atoms with E-state index in [1.54, 1.807) is 34.0 Å². The molecule has 7 nitrogen and oxygen atoms in total. The van der Waals surface area contributed by atoms with Crippen molar-refractivity contribution in [3.05, 3.63) is 39.9 Å². The van der Waals surface area contributed by atoms with Crippen molar-refractivity contribution >= 4 is 11.6 Å². The van der Waals surface area contributed by atoms with Crippen LogP contribution in [0.1, 0.15) is 25.5 Å². The zero-order valence-electron chi connectivity index (χ0n) is 12.7. The van der Waals surface area contributed by atoms with Gasteiger partial charge in [0, 0.05) is 32.8 Å². The molecule has 0 aromatic heterocycles. The van der Waals surface area contributed by atoms with Crippen molar-refractivity contribution in [3.63, 3.8) is 0 Å². The molecule has 1 amide bonds. The van der Waals surface area contributed by atoms with Gasteiger partial charge in [0.25, 0.3) is 5.69 Å². The van der Waals surface area contributed by atoms with Crippen molar-refractivity contribution in [1.82, 2.24) is 10.2 Å². The lowest BCUT2D eigenvalue weighted by atomic mass is 10.0. The maximum absolute atomic E-state index is 11.9. The molecule has 7 heteroatoms. The number of rotatable bonds is 6. The number of hydrogen-bond donors (Lipinski definition) is 2. The maximum Gasteiger partial charge on any atom is 0.269 e. The number of hydrogen-bond acceptors (Lipinski definition) is 5. The van der Waals surface area contributed by atoms with E-state index in [4.69, 9.17) is 0 Å². The Labute approximate surface area is 123 Å². The number of amides is 1. The molecule has 1 atom stereocenters. The molecule has 0 saturated heterocycles. The zero-order valence-corrected chi connectivity index (χ0v) is 12.7. The average Bonchev–Trinajstić information content (AvgIpc) is 2.43. The number of carbonyl (C=O) groups excluding carboxylic acids is 1. The Hall–Kier alpha value is -1.99. The Balaban J connectivity index is 2.74. The fourth-order valence-corrected chi connectivity index (χ4v) is 1.95. The highest BCUT2D eigenvalue weighted by Gasteiger charge is 2.29. The maximum atomic E-state index is 11.9. The van der Waals surface area contributed by atoms with Gasteiger partial charge in [-0.05, 0) is 19.4 Å². The van der Waals surface area contributed by atoms with Gasteiger partial charge in [-0.2, -0.15) is 0 Å². The quantitative estimate of drug-likeness (QED) is 0.605. The highest BCUT2D eigenvalue weighted by Crippen LogP contribution is 2.19. The van der Waals surface area contributed by atoms with Crippen LogP contribution in [0, 0.1) is 10.1 Å². The monoisotopic (exact) mass is 295 g/mol. The van der Waals surface area contributed by atoms with Crippen LogP contribution in [0.2, 0.25) is 0 Å². The molecule has 1 rings (SSSR count). The normalized spacial score (nSPS) is 12.8. The number of non-ortho nitro benzene ring substituents is 1. The number of carbonyl (C=O) groups is 1. The van der Waals surface area contributed by atoms with Crippen molar-refractivity contribution in [3.8, 4) is 0 Å². The molecule has 116 valence electrons. The molecule has 0 aliphatic carbocycles. The van der Waals surface area contributed by atoms with E-state index in [2.05, 4.69) is 5.32 Å². The Kier molecular flexibility index (Phi) is 5.40. The van der Waals surface area contributed by atoms with Crippen LogP contribution in [0.5, 0.6) is 0 Å². The van der Waals surface area contributed by atoms with Crippen LogP contribution in [0.25, 0.3) is 0 Å². The number of β-amino-alcohol motifs (C(OH)–C–C–N with tert-alkyl or cyclic N) is 1. The predicted octanol–water partition coefficient (Wildman–Crippen LogP) is 1.08. The van der Waals surface area contributed by atoms with Crippen molar-refractivity contribution < 1.29 is 14.8 Å². The summed E-state index contributed by atoms with van der Waals surface area (Å²) in [4.78, 5) is 23.6. The fraction of sp³-hybridized carbons (Fsp3) is 0.500. The second-order valence-electron chi connectivity index (χ2n) is 5.57.